The summed E-state index contributed by atoms with van der Waals surface area (Å²) >= 11 is 1.19. The first-order chi connectivity index (χ1) is 16.4. The monoisotopic (exact) mass is 482 g/mol. The van der Waals surface area contributed by atoms with Gasteiger partial charge in [0.2, 0.25) is 5.89 Å². The molecule has 0 aliphatic heterocycles. The van der Waals surface area contributed by atoms with Gasteiger partial charge in [0.1, 0.15) is 29.5 Å². The minimum Gasteiger partial charge on any atom is -0.446 e. The molecule has 0 fully saturated rings. The second-order valence-corrected chi connectivity index (χ2v) is 8.49. The van der Waals surface area contributed by atoms with Crippen molar-refractivity contribution in [3.63, 3.8) is 0 Å². The third kappa shape index (κ3) is 5.48. The Morgan fingerprint density at radius 2 is 2.15 bits per heavy atom. The molecule has 3 heterocycles. The van der Waals surface area contributed by atoms with E-state index in [1.54, 1.807) is 42.6 Å². The van der Waals surface area contributed by atoms with Crippen LogP contribution in [0, 0.1) is 5.82 Å². The first-order valence-corrected chi connectivity index (χ1v) is 11.4. The number of hydrogen-bond acceptors (Lipinski definition) is 8. The van der Waals surface area contributed by atoms with Crippen molar-refractivity contribution in [2.24, 2.45) is 5.73 Å². The molecule has 8 nitrogen and oxygen atoms in total. The fraction of sp³-hybridized carbons (Fsp3) is 0.208. The molecule has 0 aliphatic rings. The fourth-order valence-corrected chi connectivity index (χ4v) is 4.38. The maximum atomic E-state index is 14.8. The van der Waals surface area contributed by atoms with Crippen LogP contribution >= 0.6 is 11.3 Å². The molecule has 176 valence electrons. The van der Waals surface area contributed by atoms with Crippen LogP contribution in [0.15, 0.2) is 59.3 Å². The molecule has 10 heteroatoms. The summed E-state index contributed by atoms with van der Waals surface area (Å²) in [5, 5.41) is 13.5. The molecule has 0 bridgehead atoms. The molecule has 4 N–H and O–H groups in total. The van der Waals surface area contributed by atoms with Crippen molar-refractivity contribution in [3.05, 3.63) is 83.5 Å². The van der Waals surface area contributed by atoms with Gasteiger partial charge in [-0.2, -0.15) is 0 Å². The second-order valence-electron chi connectivity index (χ2n) is 7.44. The quantitative estimate of drug-likeness (QED) is 0.292. The van der Waals surface area contributed by atoms with Gasteiger partial charge in [-0.1, -0.05) is 25.1 Å². The van der Waals surface area contributed by atoms with Gasteiger partial charge in [0.15, 0.2) is 0 Å². The molecule has 0 spiro atoms. The lowest BCUT2D eigenvalue weighted by atomic mass is 10.0. The molecule has 4 aromatic rings. The molecular weight excluding hydrogens is 459 g/mol. The van der Waals surface area contributed by atoms with E-state index < -0.39 is 17.8 Å². The number of hydrogen-bond donors (Lipinski definition) is 3. The third-order valence-electron chi connectivity index (χ3n) is 5.03. The van der Waals surface area contributed by atoms with E-state index in [9.17, 15) is 14.3 Å². The molecule has 0 aliphatic carbocycles. The van der Waals surface area contributed by atoms with Crippen molar-refractivity contribution in [2.75, 3.05) is 5.32 Å². The Bertz CT molecular complexity index is 1280. The normalized spacial score (nSPS) is 12.0. The summed E-state index contributed by atoms with van der Waals surface area (Å²) in [6, 6.07) is 11.5. The number of pyridine rings is 1. The molecule has 34 heavy (non-hydrogen) atoms. The fourth-order valence-electron chi connectivity index (χ4n) is 3.29. The van der Waals surface area contributed by atoms with Gasteiger partial charge in [0.05, 0.1) is 30.2 Å². The standard InChI is InChI=1S/C24H23FN4O4S/c1-2-19(30)14-6-7-16(18(25)10-14)20-11-17(23(26)31)24(34-20)29-21-5-3-4-15(28-21)12-32-13-22-27-8-9-33-22/h3-11,19,30H,2,12-13H2,1H3,(H2,26,31)(H,28,29). The van der Waals surface area contributed by atoms with Crippen molar-refractivity contribution in [2.45, 2.75) is 32.7 Å². The van der Waals surface area contributed by atoms with Crippen molar-refractivity contribution < 1.29 is 23.4 Å². The summed E-state index contributed by atoms with van der Waals surface area (Å²) in [6.07, 6.45) is 2.76. The van der Waals surface area contributed by atoms with Gasteiger partial charge in [-0.05, 0) is 36.2 Å². The summed E-state index contributed by atoms with van der Waals surface area (Å²) in [4.78, 5) is 21.1. The summed E-state index contributed by atoms with van der Waals surface area (Å²) in [5.74, 6) is -0.183. The zero-order chi connectivity index (χ0) is 24.1. The Kier molecular flexibility index (Phi) is 7.31. The highest BCUT2D eigenvalue weighted by Gasteiger charge is 2.18. The summed E-state index contributed by atoms with van der Waals surface area (Å²) in [5.41, 5.74) is 7.27. The Labute approximate surface area is 199 Å². The van der Waals surface area contributed by atoms with E-state index in [-0.39, 0.29) is 18.8 Å². The number of nitrogens with one attached hydrogen (secondary N) is 1. The molecule has 1 aromatic carbocycles. The van der Waals surface area contributed by atoms with E-state index in [4.69, 9.17) is 14.9 Å². The Balaban J connectivity index is 1.53. The number of aliphatic hydroxyl groups is 1. The van der Waals surface area contributed by atoms with Crippen molar-refractivity contribution in [3.8, 4) is 10.4 Å². The molecular formula is C24H23FN4O4S. The van der Waals surface area contributed by atoms with Crippen molar-refractivity contribution in [1.82, 2.24) is 9.97 Å². The number of thiophene rings is 1. The zero-order valence-electron chi connectivity index (χ0n) is 18.3. The highest BCUT2D eigenvalue weighted by Crippen LogP contribution is 2.38. The van der Waals surface area contributed by atoms with E-state index in [0.29, 0.717) is 44.8 Å². The number of anilines is 2. The number of halogens is 1. The van der Waals surface area contributed by atoms with Gasteiger partial charge >= 0.3 is 0 Å². The average molecular weight is 483 g/mol. The van der Waals surface area contributed by atoms with Gasteiger partial charge in [0, 0.05) is 10.4 Å². The maximum Gasteiger partial charge on any atom is 0.251 e. The number of nitrogens with two attached hydrogens (primary N) is 1. The van der Waals surface area contributed by atoms with Crippen LogP contribution in [-0.4, -0.2) is 21.0 Å². The molecule has 1 amide bonds. The minimum absolute atomic E-state index is 0.214. The number of aliphatic hydroxyl groups excluding tert-OH is 1. The molecule has 0 radical (unpaired) electrons. The van der Waals surface area contributed by atoms with E-state index in [1.807, 2.05) is 6.92 Å². The van der Waals surface area contributed by atoms with Gasteiger partial charge in [0.25, 0.3) is 5.91 Å². The number of carbonyl (C=O) groups excluding carboxylic acids is 1. The van der Waals surface area contributed by atoms with E-state index in [0.717, 1.165) is 0 Å². The lowest BCUT2D eigenvalue weighted by Gasteiger charge is -2.09. The van der Waals surface area contributed by atoms with E-state index >= 15 is 0 Å². The predicted octanol–water partition coefficient (Wildman–Crippen LogP) is 4.94. The zero-order valence-corrected chi connectivity index (χ0v) is 19.1. The molecule has 1 atom stereocenters. The van der Waals surface area contributed by atoms with E-state index in [2.05, 4.69) is 15.3 Å². The summed E-state index contributed by atoms with van der Waals surface area (Å²) in [6.45, 7) is 2.27. The number of amides is 1. The van der Waals surface area contributed by atoms with Gasteiger partial charge < -0.3 is 25.3 Å². The molecule has 3 aromatic heterocycles. The first-order valence-electron chi connectivity index (χ1n) is 10.5. The number of carbonyl (C=O) groups is 1. The number of rotatable bonds is 10. The predicted molar refractivity (Wildman–Crippen MR) is 126 cm³/mol. The lowest BCUT2D eigenvalue weighted by Crippen LogP contribution is -2.11. The van der Waals surface area contributed by atoms with Crippen LogP contribution in [0.4, 0.5) is 15.2 Å². The minimum atomic E-state index is -0.733. The number of primary amides is 1. The van der Waals surface area contributed by atoms with Crippen LogP contribution in [-0.2, 0) is 18.0 Å². The molecule has 0 saturated carbocycles. The Hall–Kier alpha value is -3.60. The summed E-state index contributed by atoms with van der Waals surface area (Å²) in [7, 11) is 0. The van der Waals surface area contributed by atoms with Crippen molar-refractivity contribution >= 4 is 28.1 Å². The molecule has 0 saturated heterocycles. The van der Waals surface area contributed by atoms with Crippen LogP contribution in [0.3, 0.4) is 0 Å². The van der Waals surface area contributed by atoms with Crippen LogP contribution < -0.4 is 11.1 Å². The van der Waals surface area contributed by atoms with Gasteiger partial charge in [-0.15, -0.1) is 11.3 Å². The SMILES string of the molecule is CCC(O)c1ccc(-c2cc(C(N)=O)c(Nc3cccc(COCc4ncco4)n3)s2)c(F)c1. The van der Waals surface area contributed by atoms with Gasteiger partial charge in [-0.25, -0.2) is 14.4 Å². The van der Waals surface area contributed by atoms with Crippen LogP contribution in [0.5, 0.6) is 0 Å². The highest BCUT2D eigenvalue weighted by molar-refractivity contribution is 7.19. The van der Waals surface area contributed by atoms with Crippen LogP contribution in [0.25, 0.3) is 10.4 Å². The largest absolute Gasteiger partial charge is 0.446 e. The number of oxazole rings is 1. The van der Waals surface area contributed by atoms with Crippen molar-refractivity contribution in [1.29, 1.82) is 0 Å². The maximum absolute atomic E-state index is 14.8. The Morgan fingerprint density at radius 1 is 1.29 bits per heavy atom. The van der Waals surface area contributed by atoms with E-state index in [1.165, 1.54) is 23.7 Å². The summed E-state index contributed by atoms with van der Waals surface area (Å²) < 4.78 is 25.5. The van der Waals surface area contributed by atoms with Crippen LogP contribution in [0.2, 0.25) is 0 Å². The molecule has 4 rings (SSSR count). The smallest absolute Gasteiger partial charge is 0.251 e. The average Bonchev–Trinajstić information content (AvgIpc) is 3.49. The second kappa shape index (κ2) is 10.6. The topological polar surface area (TPSA) is 124 Å². The van der Waals surface area contributed by atoms with Crippen LogP contribution in [0.1, 0.15) is 47.0 Å². The third-order valence-corrected chi connectivity index (χ3v) is 6.12. The molecule has 1 unspecified atom stereocenters. The number of ether oxygens (including phenoxy) is 1. The lowest BCUT2D eigenvalue weighted by molar-refractivity contribution is 0.0873. The number of nitrogens with zero attached hydrogens (tertiary/aromatic N) is 2. The number of benzene rings is 1. The van der Waals surface area contributed by atoms with Gasteiger partial charge in [-0.3, -0.25) is 4.79 Å². The highest BCUT2D eigenvalue weighted by atomic mass is 32.1. The first kappa shape index (κ1) is 23.6. The number of aromatic nitrogens is 2. The Morgan fingerprint density at radius 3 is 2.85 bits per heavy atom.